The lowest BCUT2D eigenvalue weighted by molar-refractivity contribution is 0.367. The van der Waals surface area contributed by atoms with Crippen molar-refractivity contribution in [2.24, 2.45) is 5.41 Å². The van der Waals surface area contributed by atoms with Crippen LogP contribution in [0.3, 0.4) is 0 Å². The first kappa shape index (κ1) is 7.10. The minimum absolute atomic E-state index is 0.211. The summed E-state index contributed by atoms with van der Waals surface area (Å²) < 4.78 is 4.93. The summed E-state index contributed by atoms with van der Waals surface area (Å²) in [7, 11) is 0. The van der Waals surface area contributed by atoms with Gasteiger partial charge in [-0.2, -0.15) is 4.98 Å². The predicted octanol–water partition coefficient (Wildman–Crippen LogP) is 2.24. The Balaban J connectivity index is 2.20. The molecule has 1 unspecified atom stereocenters. The molecule has 1 heterocycles. The van der Waals surface area contributed by atoms with E-state index in [0.29, 0.717) is 17.2 Å². The van der Waals surface area contributed by atoms with Gasteiger partial charge in [-0.1, -0.05) is 13.8 Å². The normalized spacial score (nSPS) is 27.0. The highest BCUT2D eigenvalue weighted by Gasteiger charge is 2.50. The van der Waals surface area contributed by atoms with Gasteiger partial charge in [-0.3, -0.25) is 0 Å². The average molecular weight is 173 g/mol. The molecule has 0 bridgehead atoms. The Morgan fingerprint density at radius 2 is 2.27 bits per heavy atom. The van der Waals surface area contributed by atoms with E-state index in [1.807, 2.05) is 0 Å². The first-order valence-electron chi connectivity index (χ1n) is 3.59. The lowest BCUT2D eigenvalue weighted by Crippen LogP contribution is -1.89. The summed E-state index contributed by atoms with van der Waals surface area (Å²) >= 11 is 5.51. The first-order chi connectivity index (χ1) is 5.09. The van der Waals surface area contributed by atoms with Gasteiger partial charge in [-0.25, -0.2) is 0 Å². The van der Waals surface area contributed by atoms with Crippen molar-refractivity contribution < 1.29 is 4.52 Å². The van der Waals surface area contributed by atoms with Crippen LogP contribution in [0.4, 0.5) is 0 Å². The van der Waals surface area contributed by atoms with Crippen molar-refractivity contribution in [2.45, 2.75) is 26.2 Å². The highest BCUT2D eigenvalue weighted by Crippen LogP contribution is 2.58. The molecule has 1 aromatic rings. The van der Waals surface area contributed by atoms with Gasteiger partial charge in [0.15, 0.2) is 0 Å². The van der Waals surface area contributed by atoms with Crippen molar-refractivity contribution in [2.75, 3.05) is 0 Å². The van der Waals surface area contributed by atoms with Gasteiger partial charge in [-0.05, 0) is 28.6 Å². The maximum Gasteiger partial charge on any atom is 0.263 e. The molecule has 1 aromatic heterocycles. The second-order valence-corrected chi connectivity index (χ2v) is 3.98. The summed E-state index contributed by atoms with van der Waals surface area (Å²) in [5.41, 5.74) is 0.329. The number of hydrogen-bond acceptors (Lipinski definition) is 3. The van der Waals surface area contributed by atoms with E-state index >= 15 is 0 Å². The molecule has 1 atom stereocenters. The standard InChI is InChI=1S/C7H9ClN2O/c1-7(2)3-4(7)5-9-6(8)10-11-5/h4H,3H2,1-2H3. The molecule has 1 aliphatic carbocycles. The van der Waals surface area contributed by atoms with E-state index in [9.17, 15) is 0 Å². The van der Waals surface area contributed by atoms with Crippen LogP contribution in [0, 0.1) is 5.41 Å². The molecule has 0 radical (unpaired) electrons. The van der Waals surface area contributed by atoms with Crippen LogP contribution < -0.4 is 0 Å². The van der Waals surface area contributed by atoms with Crippen molar-refractivity contribution in [3.63, 3.8) is 0 Å². The number of nitrogens with zero attached hydrogens (tertiary/aromatic N) is 2. The maximum absolute atomic E-state index is 5.51. The molecule has 11 heavy (non-hydrogen) atoms. The van der Waals surface area contributed by atoms with Gasteiger partial charge in [0, 0.05) is 5.92 Å². The van der Waals surface area contributed by atoms with Gasteiger partial charge in [0.05, 0.1) is 0 Å². The van der Waals surface area contributed by atoms with Crippen molar-refractivity contribution in [3.05, 3.63) is 11.2 Å². The fraction of sp³-hybridized carbons (Fsp3) is 0.714. The Morgan fingerprint density at radius 1 is 1.64 bits per heavy atom. The molecule has 0 aliphatic heterocycles. The molecule has 1 aliphatic rings. The number of rotatable bonds is 1. The maximum atomic E-state index is 5.51. The molecule has 60 valence electrons. The molecule has 0 N–H and O–H groups in total. The SMILES string of the molecule is CC1(C)CC1c1nc(Cl)no1. The lowest BCUT2D eigenvalue weighted by Gasteiger charge is -1.95. The minimum atomic E-state index is 0.211. The Morgan fingerprint density at radius 3 is 2.64 bits per heavy atom. The van der Waals surface area contributed by atoms with E-state index < -0.39 is 0 Å². The van der Waals surface area contributed by atoms with Crippen LogP contribution in [-0.4, -0.2) is 10.1 Å². The molecule has 0 amide bonds. The molecule has 3 nitrogen and oxygen atoms in total. The molecule has 0 aromatic carbocycles. The third-order valence-electron chi connectivity index (χ3n) is 2.23. The van der Waals surface area contributed by atoms with Gasteiger partial charge in [0.2, 0.25) is 5.89 Å². The van der Waals surface area contributed by atoms with Gasteiger partial charge in [0.1, 0.15) is 0 Å². The molecule has 1 fully saturated rings. The number of halogens is 1. The van der Waals surface area contributed by atoms with Gasteiger partial charge in [0.25, 0.3) is 5.28 Å². The third kappa shape index (κ3) is 1.13. The Bertz CT molecular complexity index is 282. The zero-order valence-corrected chi connectivity index (χ0v) is 7.22. The Labute approximate surface area is 69.7 Å². The van der Waals surface area contributed by atoms with Crippen LogP contribution in [0.15, 0.2) is 4.52 Å². The van der Waals surface area contributed by atoms with Gasteiger partial charge < -0.3 is 4.52 Å². The monoisotopic (exact) mass is 172 g/mol. The van der Waals surface area contributed by atoms with Crippen LogP contribution >= 0.6 is 11.6 Å². The molecule has 1 saturated carbocycles. The molecule has 4 heteroatoms. The van der Waals surface area contributed by atoms with Crippen molar-refractivity contribution in [1.29, 1.82) is 0 Å². The van der Waals surface area contributed by atoms with Crippen LogP contribution in [0.25, 0.3) is 0 Å². The predicted molar refractivity (Wildman–Crippen MR) is 40.4 cm³/mol. The number of aromatic nitrogens is 2. The summed E-state index contributed by atoms with van der Waals surface area (Å²) in [5.74, 6) is 1.10. The second-order valence-electron chi connectivity index (χ2n) is 3.65. The van der Waals surface area contributed by atoms with E-state index in [2.05, 4.69) is 24.0 Å². The minimum Gasteiger partial charge on any atom is -0.338 e. The first-order valence-corrected chi connectivity index (χ1v) is 3.96. The van der Waals surface area contributed by atoms with E-state index in [4.69, 9.17) is 16.1 Å². The molecular weight excluding hydrogens is 164 g/mol. The van der Waals surface area contributed by atoms with Crippen LogP contribution in [-0.2, 0) is 0 Å². The lowest BCUT2D eigenvalue weighted by atomic mass is 10.1. The van der Waals surface area contributed by atoms with E-state index in [0.717, 1.165) is 6.42 Å². The largest absolute Gasteiger partial charge is 0.338 e. The summed E-state index contributed by atoms with van der Waals surface area (Å²) in [4.78, 5) is 3.96. The molecule has 0 saturated heterocycles. The quantitative estimate of drug-likeness (QED) is 0.652. The zero-order chi connectivity index (χ0) is 8.06. The molecular formula is C7H9ClN2O. The molecule has 2 rings (SSSR count). The summed E-state index contributed by atoms with van der Waals surface area (Å²) in [6, 6.07) is 0. The summed E-state index contributed by atoms with van der Waals surface area (Å²) in [6.45, 7) is 4.35. The van der Waals surface area contributed by atoms with Gasteiger partial charge in [-0.15, -0.1) is 0 Å². The van der Waals surface area contributed by atoms with Crippen molar-refractivity contribution >= 4 is 11.6 Å². The van der Waals surface area contributed by atoms with Crippen molar-refractivity contribution in [1.82, 2.24) is 10.1 Å². The van der Waals surface area contributed by atoms with Gasteiger partial charge >= 0.3 is 0 Å². The van der Waals surface area contributed by atoms with E-state index in [1.54, 1.807) is 0 Å². The van der Waals surface area contributed by atoms with Crippen LogP contribution in [0.2, 0.25) is 5.28 Å². The van der Waals surface area contributed by atoms with Crippen molar-refractivity contribution in [3.8, 4) is 0 Å². The Hall–Kier alpha value is -0.570. The fourth-order valence-electron chi connectivity index (χ4n) is 1.25. The molecule has 0 spiro atoms. The summed E-state index contributed by atoms with van der Waals surface area (Å²) in [6.07, 6.45) is 1.12. The highest BCUT2D eigenvalue weighted by molar-refractivity contribution is 6.28. The van der Waals surface area contributed by atoms with Crippen LogP contribution in [0.1, 0.15) is 32.1 Å². The summed E-state index contributed by atoms with van der Waals surface area (Å²) in [5, 5.41) is 3.73. The third-order valence-corrected chi connectivity index (χ3v) is 2.38. The second kappa shape index (κ2) is 1.97. The van der Waals surface area contributed by atoms with E-state index in [-0.39, 0.29) is 5.28 Å². The smallest absolute Gasteiger partial charge is 0.263 e. The van der Waals surface area contributed by atoms with Crippen LogP contribution in [0.5, 0.6) is 0 Å². The Kier molecular flexibility index (Phi) is 1.27. The fourth-order valence-corrected chi connectivity index (χ4v) is 1.36. The topological polar surface area (TPSA) is 38.9 Å². The number of hydrogen-bond donors (Lipinski definition) is 0. The van der Waals surface area contributed by atoms with E-state index in [1.165, 1.54) is 0 Å². The highest BCUT2D eigenvalue weighted by atomic mass is 35.5. The average Bonchev–Trinajstić information content (AvgIpc) is 2.39. The zero-order valence-electron chi connectivity index (χ0n) is 6.47.